The Morgan fingerprint density at radius 2 is 1.95 bits per heavy atom. The van der Waals surface area contributed by atoms with Gasteiger partial charge in [-0.05, 0) is 32.0 Å². The number of epoxide rings is 1. The highest BCUT2D eigenvalue weighted by molar-refractivity contribution is 5.83. The summed E-state index contributed by atoms with van der Waals surface area (Å²) in [5.41, 5.74) is -0.261. The van der Waals surface area contributed by atoms with Crippen molar-refractivity contribution in [1.29, 1.82) is 0 Å². The van der Waals surface area contributed by atoms with Gasteiger partial charge in [0.05, 0.1) is 18.3 Å². The van der Waals surface area contributed by atoms with Gasteiger partial charge >= 0.3 is 5.63 Å². The topological polar surface area (TPSA) is 72.2 Å². The summed E-state index contributed by atoms with van der Waals surface area (Å²) in [5.74, 6) is 0.587. The first-order valence-electron chi connectivity index (χ1n) is 6.40. The Labute approximate surface area is 115 Å². The Kier molecular flexibility index (Phi) is 2.84. The molecule has 0 amide bonds. The minimum Gasteiger partial charge on any atom is -0.496 e. The van der Waals surface area contributed by atoms with E-state index in [-0.39, 0.29) is 12.2 Å². The second-order valence-corrected chi connectivity index (χ2v) is 5.49. The average Bonchev–Trinajstić information content (AvgIpc) is 3.17. The molecule has 2 aromatic rings. The fraction of sp³-hybridized carbons (Fsp3) is 0.400. The van der Waals surface area contributed by atoms with E-state index in [0.29, 0.717) is 16.9 Å². The smallest absolute Gasteiger partial charge is 0.336 e. The molecule has 5 heteroatoms. The molecule has 1 saturated heterocycles. The van der Waals surface area contributed by atoms with Crippen LogP contribution in [0.4, 0.5) is 0 Å². The minimum atomic E-state index is -0.965. The molecular weight excluding hydrogens is 260 g/mol. The number of fused-ring (bicyclic) bond motifs is 1. The SMILES string of the molecule is COc1ccc2ccc(=O)oc2c1C1OC1C(C)(C)O. The highest BCUT2D eigenvalue weighted by Crippen LogP contribution is 2.49. The van der Waals surface area contributed by atoms with Crippen LogP contribution in [0.5, 0.6) is 5.75 Å². The maximum absolute atomic E-state index is 11.5. The van der Waals surface area contributed by atoms with E-state index in [0.717, 1.165) is 5.39 Å². The summed E-state index contributed by atoms with van der Waals surface area (Å²) in [5, 5.41) is 10.8. The van der Waals surface area contributed by atoms with Gasteiger partial charge in [-0.15, -0.1) is 0 Å². The van der Waals surface area contributed by atoms with Crippen molar-refractivity contribution in [2.75, 3.05) is 7.11 Å². The zero-order valence-electron chi connectivity index (χ0n) is 11.5. The van der Waals surface area contributed by atoms with Gasteiger partial charge in [0.2, 0.25) is 0 Å². The van der Waals surface area contributed by atoms with E-state index in [1.165, 1.54) is 6.07 Å². The largest absolute Gasteiger partial charge is 0.496 e. The highest BCUT2D eigenvalue weighted by Gasteiger charge is 2.52. The summed E-state index contributed by atoms with van der Waals surface area (Å²) < 4.78 is 16.2. The van der Waals surface area contributed by atoms with Crippen molar-refractivity contribution in [3.63, 3.8) is 0 Å². The van der Waals surface area contributed by atoms with Crippen molar-refractivity contribution in [3.8, 4) is 5.75 Å². The van der Waals surface area contributed by atoms with Crippen molar-refractivity contribution in [3.05, 3.63) is 40.2 Å². The first-order valence-corrected chi connectivity index (χ1v) is 6.40. The lowest BCUT2D eigenvalue weighted by Gasteiger charge is -2.14. The van der Waals surface area contributed by atoms with E-state index in [1.807, 2.05) is 6.07 Å². The molecule has 0 spiro atoms. The fourth-order valence-corrected chi connectivity index (χ4v) is 2.45. The molecule has 0 bridgehead atoms. The van der Waals surface area contributed by atoms with Crippen LogP contribution in [0.1, 0.15) is 25.5 Å². The average molecular weight is 276 g/mol. The van der Waals surface area contributed by atoms with Gasteiger partial charge in [0.25, 0.3) is 0 Å². The van der Waals surface area contributed by atoms with E-state index < -0.39 is 11.2 Å². The lowest BCUT2D eigenvalue weighted by atomic mass is 9.97. The fourth-order valence-electron chi connectivity index (χ4n) is 2.45. The Morgan fingerprint density at radius 3 is 2.55 bits per heavy atom. The first-order chi connectivity index (χ1) is 9.41. The van der Waals surface area contributed by atoms with E-state index in [4.69, 9.17) is 13.9 Å². The van der Waals surface area contributed by atoms with Crippen molar-refractivity contribution in [1.82, 2.24) is 0 Å². The van der Waals surface area contributed by atoms with Gasteiger partial charge in [-0.3, -0.25) is 0 Å². The van der Waals surface area contributed by atoms with Crippen LogP contribution < -0.4 is 10.4 Å². The predicted octanol–water partition coefficient (Wildman–Crippen LogP) is 2.01. The van der Waals surface area contributed by atoms with E-state index in [1.54, 1.807) is 33.1 Å². The van der Waals surface area contributed by atoms with Gasteiger partial charge in [-0.1, -0.05) is 0 Å². The molecule has 1 aromatic carbocycles. The van der Waals surface area contributed by atoms with Crippen molar-refractivity contribution < 1.29 is 19.0 Å². The molecule has 1 N–H and O–H groups in total. The molecule has 5 nitrogen and oxygen atoms in total. The number of rotatable bonds is 3. The molecule has 106 valence electrons. The van der Waals surface area contributed by atoms with Crippen LogP contribution >= 0.6 is 0 Å². The molecule has 2 heterocycles. The molecule has 2 atom stereocenters. The summed E-state index contributed by atoms with van der Waals surface area (Å²) in [7, 11) is 1.55. The summed E-state index contributed by atoms with van der Waals surface area (Å²) in [6.45, 7) is 3.37. The van der Waals surface area contributed by atoms with Gasteiger partial charge in [0, 0.05) is 11.5 Å². The van der Waals surface area contributed by atoms with Crippen molar-refractivity contribution >= 4 is 11.0 Å². The maximum Gasteiger partial charge on any atom is 0.336 e. The third-order valence-corrected chi connectivity index (χ3v) is 3.48. The molecular formula is C15H16O5. The summed E-state index contributed by atoms with van der Waals surface area (Å²) in [4.78, 5) is 11.5. The third kappa shape index (κ3) is 2.09. The minimum absolute atomic E-state index is 0.334. The standard InChI is InChI=1S/C15H16O5/c1-15(2,17)14-13(20-14)11-9(18-3)6-4-8-5-7-10(16)19-12(8)11/h4-7,13-14,17H,1-3H3. The molecule has 1 aliphatic rings. The third-order valence-electron chi connectivity index (χ3n) is 3.48. The van der Waals surface area contributed by atoms with Crippen molar-refractivity contribution in [2.45, 2.75) is 31.7 Å². The van der Waals surface area contributed by atoms with Gasteiger partial charge in [-0.2, -0.15) is 0 Å². The van der Waals surface area contributed by atoms with Crippen LogP contribution in [0.15, 0.2) is 33.5 Å². The summed E-state index contributed by atoms with van der Waals surface area (Å²) in [6.07, 6.45) is -0.674. The molecule has 0 saturated carbocycles. The van der Waals surface area contributed by atoms with Gasteiger partial charge in [-0.25, -0.2) is 4.79 Å². The molecule has 1 fully saturated rings. The second-order valence-electron chi connectivity index (χ2n) is 5.49. The lowest BCUT2D eigenvalue weighted by molar-refractivity contribution is 0.0482. The molecule has 20 heavy (non-hydrogen) atoms. The molecule has 0 radical (unpaired) electrons. The zero-order valence-corrected chi connectivity index (χ0v) is 11.5. The van der Waals surface area contributed by atoms with Crippen LogP contribution in [0.25, 0.3) is 11.0 Å². The van der Waals surface area contributed by atoms with Crippen LogP contribution in [0.2, 0.25) is 0 Å². The van der Waals surface area contributed by atoms with Crippen LogP contribution in [0, 0.1) is 0 Å². The summed E-state index contributed by atoms with van der Waals surface area (Å²) in [6, 6.07) is 6.70. The molecule has 2 unspecified atom stereocenters. The number of aliphatic hydroxyl groups is 1. The number of ether oxygens (including phenoxy) is 2. The quantitative estimate of drug-likeness (QED) is 0.686. The van der Waals surface area contributed by atoms with Gasteiger partial charge in [0.15, 0.2) is 0 Å². The molecule has 3 rings (SSSR count). The predicted molar refractivity (Wildman–Crippen MR) is 72.9 cm³/mol. The Hall–Kier alpha value is -1.85. The molecule has 1 aromatic heterocycles. The number of benzene rings is 1. The molecule has 1 aliphatic heterocycles. The zero-order chi connectivity index (χ0) is 14.5. The number of hydrogen-bond acceptors (Lipinski definition) is 5. The Morgan fingerprint density at radius 1 is 1.25 bits per heavy atom. The first kappa shape index (κ1) is 13.1. The Bertz CT molecular complexity index is 710. The van der Waals surface area contributed by atoms with Crippen LogP contribution in [-0.4, -0.2) is 23.9 Å². The normalized spacial score (nSPS) is 22.0. The van der Waals surface area contributed by atoms with E-state index in [9.17, 15) is 9.90 Å². The Balaban J connectivity index is 2.18. The van der Waals surface area contributed by atoms with E-state index >= 15 is 0 Å². The number of hydrogen-bond donors (Lipinski definition) is 1. The highest BCUT2D eigenvalue weighted by atomic mass is 16.6. The van der Waals surface area contributed by atoms with Gasteiger partial charge < -0.3 is 19.0 Å². The maximum atomic E-state index is 11.5. The van der Waals surface area contributed by atoms with Crippen molar-refractivity contribution in [2.24, 2.45) is 0 Å². The van der Waals surface area contributed by atoms with Crippen LogP contribution in [0.3, 0.4) is 0 Å². The lowest BCUT2D eigenvalue weighted by Crippen LogP contribution is -2.26. The van der Waals surface area contributed by atoms with Crippen LogP contribution in [-0.2, 0) is 4.74 Å². The van der Waals surface area contributed by atoms with Gasteiger partial charge in [0.1, 0.15) is 23.5 Å². The monoisotopic (exact) mass is 276 g/mol. The summed E-state index contributed by atoms with van der Waals surface area (Å²) >= 11 is 0. The number of methoxy groups -OCH3 is 1. The van der Waals surface area contributed by atoms with E-state index in [2.05, 4.69) is 0 Å². The molecule has 0 aliphatic carbocycles. The second kappa shape index (κ2) is 4.33.